The number of benzene rings is 2. The molecule has 160 valence electrons. The van der Waals surface area contributed by atoms with Gasteiger partial charge in [-0.2, -0.15) is 0 Å². The van der Waals surface area contributed by atoms with E-state index in [1.165, 1.54) is 0 Å². The summed E-state index contributed by atoms with van der Waals surface area (Å²) in [6.45, 7) is -0.0680. The Kier molecular flexibility index (Phi) is 9.55. The van der Waals surface area contributed by atoms with Crippen LogP contribution in [0, 0.1) is 3.57 Å². The number of carbonyl (C=O) groups is 3. The number of nitrogens with two attached hydrogens (primary N) is 1. The number of aliphatic hydroxyl groups excluding tert-OH is 1. The van der Waals surface area contributed by atoms with Crippen molar-refractivity contribution in [1.29, 1.82) is 0 Å². The third kappa shape index (κ3) is 8.78. The molecule has 0 aromatic heterocycles. The van der Waals surface area contributed by atoms with Crippen LogP contribution in [0.15, 0.2) is 54.6 Å². The molecule has 2 rings (SSSR count). The Morgan fingerprint density at radius 3 is 2.33 bits per heavy atom. The van der Waals surface area contributed by atoms with E-state index in [1.54, 1.807) is 0 Å². The summed E-state index contributed by atoms with van der Waals surface area (Å²) in [7, 11) is 0. The highest BCUT2D eigenvalue weighted by atomic mass is 127. The first-order valence-electron chi connectivity index (χ1n) is 9.29. The van der Waals surface area contributed by atoms with Crippen LogP contribution in [0.3, 0.4) is 0 Å². The number of aliphatic hydroxyl groups is 1. The first kappa shape index (κ1) is 23.6. The number of ether oxygens (including phenoxy) is 1. The summed E-state index contributed by atoms with van der Waals surface area (Å²) in [6, 6.07) is 15.7. The zero-order valence-corrected chi connectivity index (χ0v) is 18.4. The molecule has 0 bridgehead atoms. The van der Waals surface area contributed by atoms with E-state index in [9.17, 15) is 19.5 Å². The fraction of sp³-hybridized carbons (Fsp3) is 0.286. The predicted molar refractivity (Wildman–Crippen MR) is 119 cm³/mol. The van der Waals surface area contributed by atoms with E-state index in [2.05, 4.69) is 33.2 Å². The fourth-order valence-electron chi connectivity index (χ4n) is 2.59. The molecule has 0 radical (unpaired) electrons. The molecule has 2 aromatic carbocycles. The standard InChI is InChI=1S/C21H24IN3O5/c22-16-8-6-14(7-9-16)10-18(20(23)28)25-19(27)11-17(26)12-24-21(29)30-13-15-4-2-1-3-5-15/h1-9,17-18,26H,10-13H2,(H2,23,28)(H,24,29)(H,25,27)/t17-,18+/m0/s1. The molecule has 5 N–H and O–H groups in total. The number of hydrogen-bond donors (Lipinski definition) is 4. The quantitative estimate of drug-likeness (QED) is 0.349. The van der Waals surface area contributed by atoms with Crippen molar-refractivity contribution in [3.05, 3.63) is 69.3 Å². The van der Waals surface area contributed by atoms with Crippen molar-refractivity contribution in [2.24, 2.45) is 5.73 Å². The van der Waals surface area contributed by atoms with Crippen molar-refractivity contribution < 1.29 is 24.2 Å². The minimum absolute atomic E-state index is 0.0993. The van der Waals surface area contributed by atoms with E-state index < -0.39 is 30.1 Å². The summed E-state index contributed by atoms with van der Waals surface area (Å²) in [6.07, 6.45) is -1.89. The van der Waals surface area contributed by atoms with E-state index in [0.717, 1.165) is 14.7 Å². The Morgan fingerprint density at radius 2 is 1.70 bits per heavy atom. The van der Waals surface area contributed by atoms with Gasteiger partial charge in [0.1, 0.15) is 12.6 Å². The molecule has 0 aliphatic carbocycles. The van der Waals surface area contributed by atoms with Gasteiger partial charge in [-0.1, -0.05) is 42.5 Å². The summed E-state index contributed by atoms with van der Waals surface area (Å²) >= 11 is 2.17. The highest BCUT2D eigenvalue weighted by molar-refractivity contribution is 14.1. The van der Waals surface area contributed by atoms with Crippen molar-refractivity contribution in [1.82, 2.24) is 10.6 Å². The van der Waals surface area contributed by atoms with Gasteiger partial charge in [-0.3, -0.25) is 9.59 Å². The van der Waals surface area contributed by atoms with Crippen LogP contribution >= 0.6 is 22.6 Å². The van der Waals surface area contributed by atoms with Crippen molar-refractivity contribution in [2.45, 2.75) is 31.6 Å². The number of halogens is 1. The Labute approximate surface area is 188 Å². The summed E-state index contributed by atoms with van der Waals surface area (Å²) in [5, 5.41) is 14.9. The summed E-state index contributed by atoms with van der Waals surface area (Å²) in [5.41, 5.74) is 7.06. The van der Waals surface area contributed by atoms with Gasteiger partial charge < -0.3 is 26.2 Å². The molecule has 0 saturated heterocycles. The lowest BCUT2D eigenvalue weighted by molar-refractivity contribution is -0.128. The number of alkyl carbamates (subject to hydrolysis) is 1. The second-order valence-electron chi connectivity index (χ2n) is 6.65. The molecule has 2 aromatic rings. The van der Waals surface area contributed by atoms with Crippen LogP contribution in [-0.2, 0) is 27.4 Å². The van der Waals surface area contributed by atoms with Crippen LogP contribution in [0.5, 0.6) is 0 Å². The van der Waals surface area contributed by atoms with E-state index in [-0.39, 0.29) is 26.0 Å². The fourth-order valence-corrected chi connectivity index (χ4v) is 2.95. The van der Waals surface area contributed by atoms with Crippen LogP contribution in [-0.4, -0.2) is 41.7 Å². The maximum atomic E-state index is 12.1. The van der Waals surface area contributed by atoms with E-state index in [1.807, 2.05) is 54.6 Å². The summed E-state index contributed by atoms with van der Waals surface area (Å²) in [4.78, 5) is 35.5. The first-order chi connectivity index (χ1) is 14.3. The van der Waals surface area contributed by atoms with Crippen molar-refractivity contribution in [2.75, 3.05) is 6.54 Å². The topological polar surface area (TPSA) is 131 Å². The molecule has 0 heterocycles. The number of carbonyl (C=O) groups excluding carboxylic acids is 3. The number of nitrogens with one attached hydrogen (secondary N) is 2. The van der Waals surface area contributed by atoms with Gasteiger partial charge in [-0.15, -0.1) is 0 Å². The van der Waals surface area contributed by atoms with Gasteiger partial charge in [0, 0.05) is 16.5 Å². The normalized spacial score (nSPS) is 12.5. The van der Waals surface area contributed by atoms with Crippen LogP contribution in [0.1, 0.15) is 17.5 Å². The molecule has 0 aliphatic heterocycles. The van der Waals surface area contributed by atoms with Gasteiger partial charge >= 0.3 is 6.09 Å². The SMILES string of the molecule is NC(=O)[C@@H](Cc1ccc(I)cc1)NC(=O)C[C@H](O)CNC(=O)OCc1ccccc1. The largest absolute Gasteiger partial charge is 0.445 e. The molecule has 0 aliphatic rings. The average Bonchev–Trinajstić information content (AvgIpc) is 2.72. The lowest BCUT2D eigenvalue weighted by Gasteiger charge is -2.17. The average molecular weight is 525 g/mol. The smallest absolute Gasteiger partial charge is 0.407 e. The zero-order valence-electron chi connectivity index (χ0n) is 16.2. The monoisotopic (exact) mass is 525 g/mol. The molecule has 3 amide bonds. The lowest BCUT2D eigenvalue weighted by atomic mass is 10.1. The van der Waals surface area contributed by atoms with Crippen LogP contribution in [0.2, 0.25) is 0 Å². The second-order valence-corrected chi connectivity index (χ2v) is 7.90. The number of hydrogen-bond acceptors (Lipinski definition) is 5. The van der Waals surface area contributed by atoms with Crippen molar-refractivity contribution in [3.63, 3.8) is 0 Å². The molecule has 0 unspecified atom stereocenters. The van der Waals surface area contributed by atoms with Gasteiger partial charge in [-0.05, 0) is 45.9 Å². The predicted octanol–water partition coefficient (Wildman–Crippen LogP) is 1.48. The molecule has 2 atom stereocenters. The highest BCUT2D eigenvalue weighted by Gasteiger charge is 2.20. The maximum Gasteiger partial charge on any atom is 0.407 e. The number of rotatable bonds is 10. The minimum Gasteiger partial charge on any atom is -0.445 e. The lowest BCUT2D eigenvalue weighted by Crippen LogP contribution is -2.47. The minimum atomic E-state index is -1.14. The highest BCUT2D eigenvalue weighted by Crippen LogP contribution is 2.09. The van der Waals surface area contributed by atoms with Crippen LogP contribution in [0.25, 0.3) is 0 Å². The zero-order chi connectivity index (χ0) is 21.9. The Balaban J connectivity index is 1.73. The summed E-state index contributed by atoms with van der Waals surface area (Å²) in [5.74, 6) is -1.21. The molecular formula is C21H24IN3O5. The Morgan fingerprint density at radius 1 is 1.03 bits per heavy atom. The van der Waals surface area contributed by atoms with Gasteiger partial charge in [0.05, 0.1) is 12.5 Å². The Bertz CT molecular complexity index is 845. The number of primary amides is 1. The molecule has 30 heavy (non-hydrogen) atoms. The van der Waals surface area contributed by atoms with Gasteiger partial charge in [-0.25, -0.2) is 4.79 Å². The van der Waals surface area contributed by atoms with Gasteiger partial charge in [0.2, 0.25) is 11.8 Å². The van der Waals surface area contributed by atoms with Gasteiger partial charge in [0.15, 0.2) is 0 Å². The maximum absolute atomic E-state index is 12.1. The van der Waals surface area contributed by atoms with E-state index >= 15 is 0 Å². The van der Waals surface area contributed by atoms with Crippen molar-refractivity contribution >= 4 is 40.5 Å². The molecule has 8 nitrogen and oxygen atoms in total. The molecular weight excluding hydrogens is 501 g/mol. The van der Waals surface area contributed by atoms with Crippen LogP contribution in [0.4, 0.5) is 4.79 Å². The number of amides is 3. The molecule has 0 fully saturated rings. The third-order valence-electron chi connectivity index (χ3n) is 4.15. The van der Waals surface area contributed by atoms with E-state index in [0.29, 0.717) is 0 Å². The Hall–Kier alpha value is -2.66. The van der Waals surface area contributed by atoms with E-state index in [4.69, 9.17) is 10.5 Å². The third-order valence-corrected chi connectivity index (χ3v) is 4.87. The molecule has 0 spiro atoms. The van der Waals surface area contributed by atoms with Crippen molar-refractivity contribution in [3.8, 4) is 0 Å². The molecule has 0 saturated carbocycles. The first-order valence-corrected chi connectivity index (χ1v) is 10.4. The second kappa shape index (κ2) is 12.1. The summed E-state index contributed by atoms with van der Waals surface area (Å²) < 4.78 is 6.08. The van der Waals surface area contributed by atoms with Crippen LogP contribution < -0.4 is 16.4 Å². The molecule has 9 heteroatoms. The van der Waals surface area contributed by atoms with Gasteiger partial charge in [0.25, 0.3) is 0 Å².